The van der Waals surface area contributed by atoms with E-state index in [1.54, 1.807) is 38.1 Å². The molecule has 0 aromatic heterocycles. The number of rotatable bonds is 6. The number of sulfonamides is 1. The number of carboxylic acid groups (broad SMARTS) is 1. The monoisotopic (exact) mass is 283 g/mol. The highest BCUT2D eigenvalue weighted by Gasteiger charge is 2.13. The zero-order valence-electron chi connectivity index (χ0n) is 10.8. The molecule has 0 heterocycles. The minimum atomic E-state index is -3.24. The van der Waals surface area contributed by atoms with Gasteiger partial charge >= 0.3 is 5.97 Å². The topological polar surface area (TPSA) is 83.5 Å². The van der Waals surface area contributed by atoms with E-state index in [0.29, 0.717) is 0 Å². The Bertz CT molecular complexity index is 561. The fourth-order valence-corrected chi connectivity index (χ4v) is 2.33. The summed E-state index contributed by atoms with van der Waals surface area (Å²) in [5.41, 5.74) is 1.57. The van der Waals surface area contributed by atoms with Gasteiger partial charge in [-0.05, 0) is 31.1 Å². The maximum Gasteiger partial charge on any atom is 0.328 e. The van der Waals surface area contributed by atoms with Crippen LogP contribution in [0, 0.1) is 0 Å². The summed E-state index contributed by atoms with van der Waals surface area (Å²) in [6.07, 6.45) is 2.53. The lowest BCUT2D eigenvalue weighted by atomic mass is 10.1. The van der Waals surface area contributed by atoms with Gasteiger partial charge in [-0.2, -0.15) is 0 Å². The number of benzene rings is 1. The Kier molecular flexibility index (Phi) is 5.26. The largest absolute Gasteiger partial charge is 0.478 e. The number of aliphatic carboxylic acids is 1. The van der Waals surface area contributed by atoms with Gasteiger partial charge in [0, 0.05) is 12.1 Å². The van der Waals surface area contributed by atoms with Gasteiger partial charge in [0.2, 0.25) is 10.0 Å². The molecule has 5 nitrogen and oxygen atoms in total. The number of nitrogens with one attached hydrogen (secondary N) is 1. The maximum absolute atomic E-state index is 11.4. The van der Waals surface area contributed by atoms with Gasteiger partial charge in [-0.1, -0.05) is 24.3 Å². The van der Waals surface area contributed by atoms with Crippen molar-refractivity contribution in [3.63, 3.8) is 0 Å². The summed E-state index contributed by atoms with van der Waals surface area (Å²) in [4.78, 5) is 10.4. The smallest absolute Gasteiger partial charge is 0.328 e. The second kappa shape index (κ2) is 6.49. The Labute approximate surface area is 113 Å². The lowest BCUT2D eigenvalue weighted by Crippen LogP contribution is -2.28. The molecule has 0 spiro atoms. The molecule has 1 atom stereocenters. The molecule has 0 radical (unpaired) electrons. The van der Waals surface area contributed by atoms with Crippen LogP contribution in [0.1, 0.15) is 31.0 Å². The summed E-state index contributed by atoms with van der Waals surface area (Å²) in [6, 6.07) is 6.70. The first-order chi connectivity index (χ1) is 8.84. The number of carbonyl (C=O) groups is 1. The molecule has 1 unspecified atom stereocenters. The fourth-order valence-electron chi connectivity index (χ4n) is 1.48. The van der Waals surface area contributed by atoms with Crippen molar-refractivity contribution in [2.45, 2.75) is 19.9 Å². The van der Waals surface area contributed by atoms with E-state index in [0.717, 1.165) is 17.2 Å². The van der Waals surface area contributed by atoms with Gasteiger partial charge in [0.1, 0.15) is 0 Å². The standard InChI is InChI=1S/C13H17NO4S/c1-3-19(17,18)14-10(2)12-7-4-11(5-8-12)6-9-13(15)16/h4-10,14H,3H2,1-2H3,(H,15,16)/b9-6+. The molecule has 0 aliphatic carbocycles. The van der Waals surface area contributed by atoms with E-state index in [1.807, 2.05) is 0 Å². The van der Waals surface area contributed by atoms with Gasteiger partial charge < -0.3 is 5.11 Å². The van der Waals surface area contributed by atoms with Crippen molar-refractivity contribution in [3.05, 3.63) is 41.5 Å². The van der Waals surface area contributed by atoms with Gasteiger partial charge in [-0.3, -0.25) is 0 Å². The predicted octanol–water partition coefficient (Wildman–Crippen LogP) is 1.78. The summed E-state index contributed by atoms with van der Waals surface area (Å²) in [6.45, 7) is 3.34. The molecule has 0 saturated heterocycles. The molecule has 19 heavy (non-hydrogen) atoms. The summed E-state index contributed by atoms with van der Waals surface area (Å²) >= 11 is 0. The quantitative estimate of drug-likeness (QED) is 0.780. The minimum Gasteiger partial charge on any atom is -0.478 e. The van der Waals surface area contributed by atoms with E-state index in [-0.39, 0.29) is 11.8 Å². The van der Waals surface area contributed by atoms with Crippen molar-refractivity contribution >= 4 is 22.1 Å². The van der Waals surface area contributed by atoms with Crippen molar-refractivity contribution in [3.8, 4) is 0 Å². The van der Waals surface area contributed by atoms with Crippen LogP contribution < -0.4 is 4.72 Å². The van der Waals surface area contributed by atoms with Crippen molar-refractivity contribution in [1.82, 2.24) is 4.72 Å². The molecule has 104 valence electrons. The average molecular weight is 283 g/mol. The predicted molar refractivity (Wildman–Crippen MR) is 74.1 cm³/mol. The summed E-state index contributed by atoms with van der Waals surface area (Å²) in [5, 5.41) is 8.51. The normalized spacial score (nSPS) is 13.6. The van der Waals surface area contributed by atoms with E-state index in [9.17, 15) is 13.2 Å². The van der Waals surface area contributed by atoms with E-state index in [4.69, 9.17) is 5.11 Å². The van der Waals surface area contributed by atoms with Crippen LogP contribution in [0.25, 0.3) is 6.08 Å². The molecule has 0 bridgehead atoms. The highest BCUT2D eigenvalue weighted by molar-refractivity contribution is 7.89. The third-order valence-electron chi connectivity index (χ3n) is 2.59. The van der Waals surface area contributed by atoms with Crippen LogP contribution in [0.15, 0.2) is 30.3 Å². The van der Waals surface area contributed by atoms with Gasteiger partial charge in [0.05, 0.1) is 5.75 Å². The summed E-state index contributed by atoms with van der Waals surface area (Å²) in [7, 11) is -3.24. The Balaban J connectivity index is 2.79. The molecular formula is C13H17NO4S. The van der Waals surface area contributed by atoms with Crippen LogP contribution in [0.5, 0.6) is 0 Å². The molecule has 0 fully saturated rings. The zero-order valence-corrected chi connectivity index (χ0v) is 11.6. The van der Waals surface area contributed by atoms with Crippen LogP contribution in [-0.4, -0.2) is 25.2 Å². The van der Waals surface area contributed by atoms with Crippen LogP contribution in [0.3, 0.4) is 0 Å². The van der Waals surface area contributed by atoms with E-state index < -0.39 is 16.0 Å². The number of hydrogen-bond acceptors (Lipinski definition) is 3. The first kappa shape index (κ1) is 15.4. The second-order valence-electron chi connectivity index (χ2n) is 4.08. The molecule has 1 aromatic carbocycles. The van der Waals surface area contributed by atoms with E-state index >= 15 is 0 Å². The Hall–Kier alpha value is -1.66. The summed E-state index contributed by atoms with van der Waals surface area (Å²) < 4.78 is 25.4. The lowest BCUT2D eigenvalue weighted by molar-refractivity contribution is -0.131. The zero-order chi connectivity index (χ0) is 14.5. The molecular weight excluding hydrogens is 266 g/mol. The van der Waals surface area contributed by atoms with Gasteiger partial charge in [-0.25, -0.2) is 17.9 Å². The lowest BCUT2D eigenvalue weighted by Gasteiger charge is -2.13. The third kappa shape index (κ3) is 5.23. The minimum absolute atomic E-state index is 0.0385. The molecule has 0 amide bonds. The fraction of sp³-hybridized carbons (Fsp3) is 0.308. The van der Waals surface area contributed by atoms with Crippen molar-refractivity contribution in [1.29, 1.82) is 0 Å². The van der Waals surface area contributed by atoms with Crippen molar-refractivity contribution in [2.75, 3.05) is 5.75 Å². The average Bonchev–Trinajstić information content (AvgIpc) is 2.36. The molecule has 2 N–H and O–H groups in total. The Morgan fingerprint density at radius 2 is 1.95 bits per heavy atom. The van der Waals surface area contributed by atoms with Crippen molar-refractivity contribution in [2.24, 2.45) is 0 Å². The van der Waals surface area contributed by atoms with Crippen molar-refractivity contribution < 1.29 is 18.3 Å². The third-order valence-corrected chi connectivity index (χ3v) is 4.06. The van der Waals surface area contributed by atoms with Crippen LogP contribution >= 0.6 is 0 Å². The highest BCUT2D eigenvalue weighted by Crippen LogP contribution is 2.15. The van der Waals surface area contributed by atoms with Gasteiger partial charge in [0.25, 0.3) is 0 Å². The van der Waals surface area contributed by atoms with E-state index in [1.165, 1.54) is 6.08 Å². The van der Waals surface area contributed by atoms with Crippen LogP contribution in [0.2, 0.25) is 0 Å². The molecule has 6 heteroatoms. The van der Waals surface area contributed by atoms with Crippen LogP contribution in [-0.2, 0) is 14.8 Å². The summed E-state index contributed by atoms with van der Waals surface area (Å²) in [5.74, 6) is -0.968. The second-order valence-corrected chi connectivity index (χ2v) is 6.12. The van der Waals surface area contributed by atoms with Gasteiger partial charge in [0.15, 0.2) is 0 Å². The Morgan fingerprint density at radius 3 is 2.42 bits per heavy atom. The van der Waals surface area contributed by atoms with Gasteiger partial charge in [-0.15, -0.1) is 0 Å². The number of hydrogen-bond donors (Lipinski definition) is 2. The molecule has 0 aliphatic heterocycles. The first-order valence-electron chi connectivity index (χ1n) is 5.85. The first-order valence-corrected chi connectivity index (χ1v) is 7.50. The molecule has 1 aromatic rings. The molecule has 0 saturated carbocycles. The highest BCUT2D eigenvalue weighted by atomic mass is 32.2. The molecule has 1 rings (SSSR count). The number of carboxylic acids is 1. The van der Waals surface area contributed by atoms with E-state index in [2.05, 4.69) is 4.72 Å². The Morgan fingerprint density at radius 1 is 1.37 bits per heavy atom. The maximum atomic E-state index is 11.4. The SMILES string of the molecule is CCS(=O)(=O)NC(C)c1ccc(/C=C/C(=O)O)cc1. The van der Waals surface area contributed by atoms with Crippen LogP contribution in [0.4, 0.5) is 0 Å². The molecule has 0 aliphatic rings.